The average molecular weight is 1160 g/mol. The third kappa shape index (κ3) is 14.0. The van der Waals surface area contributed by atoms with E-state index in [1.165, 1.54) is 167 Å². The van der Waals surface area contributed by atoms with E-state index in [0.717, 1.165) is 50.0 Å². The SMILES string of the molecule is CCCCCCCCc1cc(C)sc1-c1nc2sc(-c3sc(Br)cc3CCCCCCCC)nc2s1.CCCCCCCCn1c2cc(B3OC(C)(C)C(C)(C)O3)ccc2c2ccc(B3OC(C)(C)C(C)(C)O3)cc21. The topological polar surface area (TPSA) is 67.6 Å². The standard InChI is InChI=1S/C32H47B2NO4.C29H39BrN2S4/c1-10-11-12-13-14-15-20-35-27-21-23(33-36-29(2,3)30(4,5)37-33)16-18-25(27)26-19-17-24(22-28(26)35)34-38-31(6,7)32(8,9)39-34;1-4-6-8-10-12-14-16-21-18-20(3)33-24(21)26-31-28-29(35-26)32-27(36-28)25-22(19-23(30)34-25)17-15-13-11-9-7-5-2/h16-19,21-22H,10-15,20H2,1-9H3;18-19H,4-17H2,1-3H3. The van der Waals surface area contributed by atoms with E-state index < -0.39 is 0 Å². The number of thiophene rings is 2. The van der Waals surface area contributed by atoms with Crippen molar-refractivity contribution in [3.8, 4) is 19.8 Å². The molecule has 0 bridgehead atoms. The van der Waals surface area contributed by atoms with E-state index in [1.54, 1.807) is 22.7 Å². The van der Waals surface area contributed by atoms with Crippen molar-refractivity contribution < 1.29 is 18.6 Å². The van der Waals surface area contributed by atoms with Crippen LogP contribution in [0.15, 0.2) is 52.3 Å². The van der Waals surface area contributed by atoms with Crippen LogP contribution in [0.2, 0.25) is 0 Å². The zero-order valence-electron chi connectivity index (χ0n) is 47.6. The second-order valence-corrected chi connectivity index (χ2v) is 29.1. The fraction of sp³-hybridized carbons (Fsp3) is 0.607. The molecule has 5 aromatic heterocycles. The fourth-order valence-electron chi connectivity index (χ4n) is 10.4. The number of rotatable bonds is 25. The molecule has 0 radical (unpaired) electrons. The number of unbranched alkanes of at least 4 members (excludes halogenated alkanes) is 15. The molecule has 0 atom stereocenters. The fourth-order valence-corrected chi connectivity index (χ4v) is 15.4. The lowest BCUT2D eigenvalue weighted by molar-refractivity contribution is 0.00578. The summed E-state index contributed by atoms with van der Waals surface area (Å²) in [5.41, 5.74) is 6.07. The maximum Gasteiger partial charge on any atom is 0.494 e. The molecule has 406 valence electrons. The quantitative estimate of drug-likeness (QED) is 0.0420. The van der Waals surface area contributed by atoms with E-state index in [0.29, 0.717) is 0 Å². The molecule has 0 N–H and O–H groups in total. The van der Waals surface area contributed by atoms with E-state index in [1.807, 2.05) is 22.7 Å². The van der Waals surface area contributed by atoms with Crippen molar-refractivity contribution in [3.05, 3.63) is 68.3 Å². The molecule has 7 aromatic rings. The van der Waals surface area contributed by atoms with Crippen LogP contribution in [0.25, 0.3) is 51.2 Å². The highest BCUT2D eigenvalue weighted by Gasteiger charge is 2.53. The summed E-state index contributed by atoms with van der Waals surface area (Å²) in [4.78, 5) is 16.5. The van der Waals surface area contributed by atoms with Crippen molar-refractivity contribution in [2.24, 2.45) is 0 Å². The Balaban J connectivity index is 0.000000200. The Labute approximate surface area is 476 Å². The third-order valence-corrected chi connectivity index (χ3v) is 21.5. The molecule has 2 aliphatic heterocycles. The molecule has 7 nitrogen and oxygen atoms in total. The second-order valence-electron chi connectivity index (χ2n) is 23.4. The van der Waals surface area contributed by atoms with Gasteiger partial charge in [0.25, 0.3) is 0 Å². The van der Waals surface area contributed by atoms with E-state index in [9.17, 15) is 0 Å². The van der Waals surface area contributed by atoms with Crippen LogP contribution in [0.1, 0.15) is 208 Å². The molecule has 9 rings (SSSR count). The van der Waals surface area contributed by atoms with E-state index >= 15 is 0 Å². The maximum atomic E-state index is 6.41. The number of halogens is 1. The van der Waals surface area contributed by atoms with Gasteiger partial charge < -0.3 is 23.2 Å². The molecule has 2 saturated heterocycles. The van der Waals surface area contributed by atoms with Gasteiger partial charge in [-0.05, 0) is 157 Å². The molecule has 7 heterocycles. The maximum absolute atomic E-state index is 6.41. The summed E-state index contributed by atoms with van der Waals surface area (Å²) in [5.74, 6) is 0. The van der Waals surface area contributed by atoms with Gasteiger partial charge in [0.1, 0.15) is 10.0 Å². The van der Waals surface area contributed by atoms with Crippen LogP contribution in [0.4, 0.5) is 0 Å². The summed E-state index contributed by atoms with van der Waals surface area (Å²) in [7, 11) is -0.750. The van der Waals surface area contributed by atoms with Crippen molar-refractivity contribution >= 4 is 118 Å². The molecule has 2 aliphatic rings. The first-order valence-corrected chi connectivity index (χ1v) is 32.8. The highest BCUT2D eigenvalue weighted by Crippen LogP contribution is 2.45. The third-order valence-electron chi connectivity index (χ3n) is 16.4. The van der Waals surface area contributed by atoms with E-state index in [4.69, 9.17) is 28.6 Å². The number of aromatic nitrogens is 3. The summed E-state index contributed by atoms with van der Waals surface area (Å²) >= 11 is 11.0. The second kappa shape index (κ2) is 25.8. The number of benzene rings is 2. The predicted molar refractivity (Wildman–Crippen MR) is 333 cm³/mol. The Bertz CT molecular complexity index is 2720. The lowest BCUT2D eigenvalue weighted by atomic mass is 9.78. The van der Waals surface area contributed by atoms with Gasteiger partial charge in [0.15, 0.2) is 9.66 Å². The Morgan fingerprint density at radius 3 is 1.31 bits per heavy atom. The van der Waals surface area contributed by atoms with Gasteiger partial charge in [-0.3, -0.25) is 0 Å². The van der Waals surface area contributed by atoms with Crippen LogP contribution in [0.5, 0.6) is 0 Å². The molecular formula is C61H86B2BrN3O4S4. The number of thiazole rings is 2. The van der Waals surface area contributed by atoms with Crippen molar-refractivity contribution in [1.29, 1.82) is 0 Å². The summed E-state index contributed by atoms with van der Waals surface area (Å²) in [6.45, 7) is 26.9. The van der Waals surface area contributed by atoms with Crippen LogP contribution in [0, 0.1) is 6.92 Å². The summed E-state index contributed by atoms with van der Waals surface area (Å²) in [6, 6.07) is 18.1. The Kier molecular flexibility index (Phi) is 20.2. The number of fused-ring (bicyclic) bond motifs is 4. The van der Waals surface area contributed by atoms with Crippen molar-refractivity contribution in [2.45, 2.75) is 240 Å². The predicted octanol–water partition coefficient (Wildman–Crippen LogP) is 18.8. The monoisotopic (exact) mass is 1150 g/mol. The Morgan fingerprint density at radius 2 is 0.867 bits per heavy atom. The minimum Gasteiger partial charge on any atom is -0.399 e. The largest absolute Gasteiger partial charge is 0.494 e. The smallest absolute Gasteiger partial charge is 0.399 e. The van der Waals surface area contributed by atoms with Crippen molar-refractivity contribution in [2.75, 3.05) is 0 Å². The summed E-state index contributed by atoms with van der Waals surface area (Å²) in [6.07, 6.45) is 26.0. The molecule has 2 aromatic carbocycles. The molecule has 0 saturated carbocycles. The van der Waals surface area contributed by atoms with Gasteiger partial charge in [-0.2, -0.15) is 0 Å². The highest BCUT2D eigenvalue weighted by molar-refractivity contribution is 9.11. The normalized spacial score (nSPS) is 16.8. The van der Waals surface area contributed by atoms with Gasteiger partial charge in [-0.25, -0.2) is 9.97 Å². The van der Waals surface area contributed by atoms with Crippen LogP contribution in [-0.4, -0.2) is 51.2 Å². The van der Waals surface area contributed by atoms with E-state index in [2.05, 4.69) is 152 Å². The zero-order valence-corrected chi connectivity index (χ0v) is 52.5. The van der Waals surface area contributed by atoms with Crippen LogP contribution in [-0.2, 0) is 38.0 Å². The van der Waals surface area contributed by atoms with Gasteiger partial charge in [0, 0.05) is 33.2 Å². The average Bonchev–Trinajstić information content (AvgIpc) is 4.24. The molecule has 0 unspecified atom stereocenters. The van der Waals surface area contributed by atoms with Gasteiger partial charge in [0.2, 0.25) is 0 Å². The van der Waals surface area contributed by atoms with Crippen LogP contribution >= 0.6 is 61.3 Å². The molecular weight excluding hydrogens is 1070 g/mol. The van der Waals surface area contributed by atoms with Gasteiger partial charge in [-0.15, -0.1) is 22.7 Å². The number of aryl methyl sites for hydroxylation is 4. The minimum atomic E-state index is -0.375. The molecule has 0 aliphatic carbocycles. The van der Waals surface area contributed by atoms with Crippen molar-refractivity contribution in [1.82, 2.24) is 14.5 Å². The van der Waals surface area contributed by atoms with Crippen LogP contribution < -0.4 is 10.9 Å². The summed E-state index contributed by atoms with van der Waals surface area (Å²) in [5, 5.41) is 4.82. The number of nitrogens with zero attached hydrogens (tertiary/aromatic N) is 3. The molecule has 2 fully saturated rings. The number of hydrogen-bond acceptors (Lipinski definition) is 10. The lowest BCUT2D eigenvalue weighted by Crippen LogP contribution is -2.41. The summed E-state index contributed by atoms with van der Waals surface area (Å²) < 4.78 is 29.3. The van der Waals surface area contributed by atoms with Gasteiger partial charge in [-0.1, -0.05) is 164 Å². The zero-order chi connectivity index (χ0) is 53.5. The first-order chi connectivity index (χ1) is 35.8. The van der Waals surface area contributed by atoms with Crippen LogP contribution in [0.3, 0.4) is 0 Å². The Morgan fingerprint density at radius 1 is 0.480 bits per heavy atom. The molecule has 0 spiro atoms. The lowest BCUT2D eigenvalue weighted by Gasteiger charge is -2.32. The van der Waals surface area contributed by atoms with Crippen molar-refractivity contribution in [3.63, 3.8) is 0 Å². The highest BCUT2D eigenvalue weighted by atomic mass is 79.9. The first-order valence-electron chi connectivity index (χ1n) is 28.8. The van der Waals surface area contributed by atoms with Gasteiger partial charge >= 0.3 is 14.2 Å². The van der Waals surface area contributed by atoms with Gasteiger partial charge in [0.05, 0.1) is 35.9 Å². The molecule has 14 heteroatoms. The Hall–Kier alpha value is -2.39. The number of hydrogen-bond donors (Lipinski definition) is 0. The van der Waals surface area contributed by atoms with E-state index in [-0.39, 0.29) is 36.6 Å². The molecule has 75 heavy (non-hydrogen) atoms. The molecule has 0 amide bonds. The minimum absolute atomic E-state index is 0.366. The first kappa shape index (κ1) is 58.7.